The van der Waals surface area contributed by atoms with Gasteiger partial charge in [0, 0.05) is 35.7 Å². The smallest absolute Gasteiger partial charge is 0.222 e. The first-order chi connectivity index (χ1) is 9.02. The SMILES string of the molecule is CC(C)CC(=O)N(C)Cc1cc(C#CCCO)cs1. The largest absolute Gasteiger partial charge is 0.395 e. The molecule has 104 valence electrons. The van der Waals surface area contributed by atoms with E-state index in [2.05, 4.69) is 11.8 Å². The molecule has 0 bridgehead atoms. The summed E-state index contributed by atoms with van der Waals surface area (Å²) < 4.78 is 0. The highest BCUT2D eigenvalue weighted by Crippen LogP contribution is 2.16. The molecule has 0 unspecified atom stereocenters. The lowest BCUT2D eigenvalue weighted by Crippen LogP contribution is -2.26. The average Bonchev–Trinajstić information content (AvgIpc) is 2.76. The molecule has 0 fully saturated rings. The van der Waals surface area contributed by atoms with E-state index >= 15 is 0 Å². The van der Waals surface area contributed by atoms with E-state index in [1.165, 1.54) is 0 Å². The molecule has 1 heterocycles. The molecule has 0 atom stereocenters. The molecule has 0 saturated carbocycles. The van der Waals surface area contributed by atoms with Crippen molar-refractivity contribution >= 4 is 17.2 Å². The van der Waals surface area contributed by atoms with E-state index in [-0.39, 0.29) is 12.5 Å². The highest BCUT2D eigenvalue weighted by Gasteiger charge is 2.11. The van der Waals surface area contributed by atoms with Gasteiger partial charge in [-0.1, -0.05) is 25.7 Å². The number of aliphatic hydroxyl groups is 1. The summed E-state index contributed by atoms with van der Waals surface area (Å²) in [6.07, 6.45) is 1.09. The Bertz CT molecular complexity index is 468. The summed E-state index contributed by atoms with van der Waals surface area (Å²) in [5.41, 5.74) is 0.957. The number of thiophene rings is 1. The zero-order valence-electron chi connectivity index (χ0n) is 11.8. The molecule has 0 aliphatic carbocycles. The number of amides is 1. The Kier molecular flexibility index (Phi) is 6.61. The molecular formula is C15H21NO2S. The van der Waals surface area contributed by atoms with Crippen LogP contribution in [0.2, 0.25) is 0 Å². The first-order valence-electron chi connectivity index (χ1n) is 6.44. The first-order valence-corrected chi connectivity index (χ1v) is 7.32. The molecule has 0 radical (unpaired) electrons. The van der Waals surface area contributed by atoms with Crippen molar-refractivity contribution in [1.82, 2.24) is 4.90 Å². The van der Waals surface area contributed by atoms with Crippen LogP contribution in [0, 0.1) is 17.8 Å². The summed E-state index contributed by atoms with van der Waals surface area (Å²) in [7, 11) is 1.83. The molecular weight excluding hydrogens is 258 g/mol. The van der Waals surface area contributed by atoms with Gasteiger partial charge in [0.25, 0.3) is 0 Å². The van der Waals surface area contributed by atoms with Crippen LogP contribution in [0.3, 0.4) is 0 Å². The molecule has 0 aromatic carbocycles. The van der Waals surface area contributed by atoms with Crippen LogP contribution in [0.25, 0.3) is 0 Å². The standard InChI is InChI=1S/C15H21NO2S/c1-12(2)8-15(18)16(3)10-14-9-13(11-19-14)6-4-5-7-17/h9,11-12,17H,5,7-8,10H2,1-3H3. The lowest BCUT2D eigenvalue weighted by atomic mass is 10.1. The minimum atomic E-state index is 0.0937. The highest BCUT2D eigenvalue weighted by molar-refractivity contribution is 7.10. The van der Waals surface area contributed by atoms with Gasteiger partial charge < -0.3 is 10.0 Å². The number of carbonyl (C=O) groups excluding carboxylic acids is 1. The quantitative estimate of drug-likeness (QED) is 0.841. The van der Waals surface area contributed by atoms with Crippen LogP contribution >= 0.6 is 11.3 Å². The Labute approximate surface area is 119 Å². The van der Waals surface area contributed by atoms with Crippen LogP contribution in [0.5, 0.6) is 0 Å². The molecule has 1 N–H and O–H groups in total. The number of aliphatic hydroxyl groups excluding tert-OH is 1. The Morgan fingerprint density at radius 3 is 2.89 bits per heavy atom. The number of hydrogen-bond donors (Lipinski definition) is 1. The third-order valence-corrected chi connectivity index (χ3v) is 3.45. The van der Waals surface area contributed by atoms with E-state index in [4.69, 9.17) is 5.11 Å². The molecule has 0 saturated heterocycles. The van der Waals surface area contributed by atoms with Crippen LogP contribution in [0.1, 0.15) is 37.1 Å². The molecule has 1 aromatic heterocycles. The van der Waals surface area contributed by atoms with E-state index in [9.17, 15) is 4.79 Å². The van der Waals surface area contributed by atoms with Gasteiger partial charge in [-0.2, -0.15) is 0 Å². The molecule has 1 rings (SSSR count). The van der Waals surface area contributed by atoms with Gasteiger partial charge in [0.1, 0.15) is 0 Å². The van der Waals surface area contributed by atoms with E-state index in [1.807, 2.05) is 32.3 Å². The van der Waals surface area contributed by atoms with E-state index < -0.39 is 0 Å². The zero-order chi connectivity index (χ0) is 14.3. The summed E-state index contributed by atoms with van der Waals surface area (Å²) >= 11 is 1.61. The predicted molar refractivity (Wildman–Crippen MR) is 78.8 cm³/mol. The minimum Gasteiger partial charge on any atom is -0.395 e. The Morgan fingerprint density at radius 2 is 2.26 bits per heavy atom. The van der Waals surface area contributed by atoms with Crippen molar-refractivity contribution in [2.75, 3.05) is 13.7 Å². The maximum atomic E-state index is 11.9. The fraction of sp³-hybridized carbons (Fsp3) is 0.533. The second-order valence-corrected chi connectivity index (χ2v) is 5.92. The lowest BCUT2D eigenvalue weighted by Gasteiger charge is -2.17. The molecule has 0 aliphatic rings. The van der Waals surface area contributed by atoms with Crippen LogP contribution < -0.4 is 0 Å². The number of nitrogens with zero attached hydrogens (tertiary/aromatic N) is 1. The highest BCUT2D eigenvalue weighted by atomic mass is 32.1. The van der Waals surface area contributed by atoms with Crippen LogP contribution in [0.15, 0.2) is 11.4 Å². The van der Waals surface area contributed by atoms with Crippen molar-refractivity contribution < 1.29 is 9.90 Å². The molecule has 1 amide bonds. The van der Waals surface area contributed by atoms with E-state index in [1.54, 1.807) is 16.2 Å². The summed E-state index contributed by atoms with van der Waals surface area (Å²) in [5.74, 6) is 6.45. The van der Waals surface area contributed by atoms with Crippen LogP contribution in [-0.2, 0) is 11.3 Å². The van der Waals surface area contributed by atoms with E-state index in [0.29, 0.717) is 25.3 Å². The van der Waals surface area contributed by atoms with Gasteiger partial charge in [-0.3, -0.25) is 4.79 Å². The number of rotatable bonds is 5. The van der Waals surface area contributed by atoms with Gasteiger partial charge >= 0.3 is 0 Å². The molecule has 4 heteroatoms. The van der Waals surface area contributed by atoms with Gasteiger partial charge in [-0.25, -0.2) is 0 Å². The average molecular weight is 279 g/mol. The van der Waals surface area contributed by atoms with Crippen LogP contribution in [0.4, 0.5) is 0 Å². The summed E-state index contributed by atoms with van der Waals surface area (Å²) in [4.78, 5) is 14.7. The fourth-order valence-electron chi connectivity index (χ4n) is 1.58. The van der Waals surface area contributed by atoms with Crippen molar-refractivity contribution in [3.05, 3.63) is 21.9 Å². The predicted octanol–water partition coefficient (Wildman–Crippen LogP) is 2.49. The third kappa shape index (κ3) is 5.91. The monoisotopic (exact) mass is 279 g/mol. The van der Waals surface area contributed by atoms with Gasteiger partial charge in [-0.05, 0) is 12.0 Å². The number of hydrogen-bond acceptors (Lipinski definition) is 3. The molecule has 3 nitrogen and oxygen atoms in total. The normalized spacial score (nSPS) is 10.2. The maximum Gasteiger partial charge on any atom is 0.222 e. The third-order valence-electron chi connectivity index (χ3n) is 2.52. The minimum absolute atomic E-state index is 0.0937. The summed E-state index contributed by atoms with van der Waals surface area (Å²) in [6.45, 7) is 4.83. The fourth-order valence-corrected chi connectivity index (χ4v) is 2.45. The van der Waals surface area contributed by atoms with E-state index in [0.717, 1.165) is 10.4 Å². The molecule has 0 spiro atoms. The van der Waals surface area contributed by atoms with Crippen molar-refractivity contribution in [3.8, 4) is 11.8 Å². The zero-order valence-corrected chi connectivity index (χ0v) is 12.6. The van der Waals surface area contributed by atoms with Crippen molar-refractivity contribution in [2.45, 2.75) is 33.2 Å². The maximum absolute atomic E-state index is 11.9. The van der Waals surface area contributed by atoms with Crippen molar-refractivity contribution in [2.24, 2.45) is 5.92 Å². The summed E-state index contributed by atoms with van der Waals surface area (Å²) in [5, 5.41) is 10.6. The van der Waals surface area contributed by atoms with Crippen molar-refractivity contribution in [3.63, 3.8) is 0 Å². The second-order valence-electron chi connectivity index (χ2n) is 4.92. The molecule has 1 aromatic rings. The van der Waals surface area contributed by atoms with Gasteiger partial charge in [0.2, 0.25) is 5.91 Å². The van der Waals surface area contributed by atoms with Gasteiger partial charge in [0.05, 0.1) is 13.2 Å². The van der Waals surface area contributed by atoms with Crippen LogP contribution in [-0.4, -0.2) is 29.6 Å². The first kappa shape index (κ1) is 15.7. The Hall–Kier alpha value is -1.31. The Morgan fingerprint density at radius 1 is 1.53 bits per heavy atom. The van der Waals surface area contributed by atoms with Gasteiger partial charge in [-0.15, -0.1) is 11.3 Å². The molecule has 19 heavy (non-hydrogen) atoms. The lowest BCUT2D eigenvalue weighted by molar-refractivity contribution is -0.131. The molecule has 0 aliphatic heterocycles. The topological polar surface area (TPSA) is 40.5 Å². The second kappa shape index (κ2) is 7.98. The van der Waals surface area contributed by atoms with Crippen molar-refractivity contribution in [1.29, 1.82) is 0 Å². The van der Waals surface area contributed by atoms with Gasteiger partial charge in [0.15, 0.2) is 0 Å². The Balaban J connectivity index is 2.54. The number of carbonyl (C=O) groups is 1. The summed E-state index contributed by atoms with van der Waals surface area (Å²) in [6, 6.07) is 2.01.